The number of unbranched alkanes of at least 4 members (excludes halogenated alkanes) is 13. The standard InChI is InChI=1S/C21H43N2/c1-4-5-6-7-8-9-10-11-14-17-20-23(2,3)21-18-15-12-13-16-19-22/h4-18,20-21H2,1-3H3/q+1. The quantitative estimate of drug-likeness (QED) is 0.223. The summed E-state index contributed by atoms with van der Waals surface area (Å²) in [4.78, 5) is 0. The van der Waals surface area contributed by atoms with Crippen LogP contribution in [0.3, 0.4) is 0 Å². The zero-order chi connectivity index (χ0) is 17.2. The molecule has 0 heterocycles. The van der Waals surface area contributed by atoms with E-state index in [4.69, 9.17) is 5.26 Å². The van der Waals surface area contributed by atoms with Crippen molar-refractivity contribution in [2.24, 2.45) is 0 Å². The molecule has 0 bridgehead atoms. The van der Waals surface area contributed by atoms with E-state index in [9.17, 15) is 0 Å². The summed E-state index contributed by atoms with van der Waals surface area (Å²) in [6, 6.07) is 2.23. The normalized spacial score (nSPS) is 11.6. The molecule has 0 saturated heterocycles. The van der Waals surface area contributed by atoms with Gasteiger partial charge in [-0.05, 0) is 32.1 Å². The van der Waals surface area contributed by atoms with Gasteiger partial charge in [-0.3, -0.25) is 0 Å². The maximum absolute atomic E-state index is 8.52. The van der Waals surface area contributed by atoms with E-state index in [1.165, 1.54) is 101 Å². The van der Waals surface area contributed by atoms with Gasteiger partial charge in [0.15, 0.2) is 0 Å². The monoisotopic (exact) mass is 323 g/mol. The summed E-state index contributed by atoms with van der Waals surface area (Å²) in [5.74, 6) is 0. The first-order chi connectivity index (χ1) is 11.1. The lowest BCUT2D eigenvalue weighted by molar-refractivity contribution is -0.890. The van der Waals surface area contributed by atoms with Crippen LogP contribution in [-0.4, -0.2) is 31.7 Å². The summed E-state index contributed by atoms with van der Waals surface area (Å²) in [7, 11) is 4.76. The van der Waals surface area contributed by atoms with Crippen molar-refractivity contribution in [1.82, 2.24) is 0 Å². The maximum Gasteiger partial charge on any atom is 0.0782 e. The third-order valence-corrected chi connectivity index (χ3v) is 4.92. The largest absolute Gasteiger partial charge is 0.328 e. The van der Waals surface area contributed by atoms with Crippen molar-refractivity contribution in [3.63, 3.8) is 0 Å². The molecule has 0 aliphatic carbocycles. The van der Waals surface area contributed by atoms with Crippen molar-refractivity contribution in [2.75, 3.05) is 27.2 Å². The highest BCUT2D eigenvalue weighted by Gasteiger charge is 2.13. The summed E-state index contributed by atoms with van der Waals surface area (Å²) in [6.07, 6.45) is 19.9. The molecule has 0 N–H and O–H groups in total. The average molecular weight is 324 g/mol. The van der Waals surface area contributed by atoms with Crippen LogP contribution in [0.15, 0.2) is 0 Å². The van der Waals surface area contributed by atoms with Crippen LogP contribution in [-0.2, 0) is 0 Å². The molecule has 0 aliphatic heterocycles. The molecular weight excluding hydrogens is 280 g/mol. The zero-order valence-electron chi connectivity index (χ0n) is 16.4. The predicted molar refractivity (Wildman–Crippen MR) is 102 cm³/mol. The van der Waals surface area contributed by atoms with Crippen molar-refractivity contribution in [2.45, 2.75) is 103 Å². The molecule has 0 spiro atoms. The molecule has 0 atom stereocenters. The molecule has 0 aromatic heterocycles. The van der Waals surface area contributed by atoms with Gasteiger partial charge < -0.3 is 4.48 Å². The molecule has 0 aromatic carbocycles. The van der Waals surface area contributed by atoms with Crippen LogP contribution >= 0.6 is 0 Å². The van der Waals surface area contributed by atoms with E-state index in [0.717, 1.165) is 12.8 Å². The Bertz CT molecular complexity index is 278. The van der Waals surface area contributed by atoms with Crippen LogP contribution in [0.2, 0.25) is 0 Å². The van der Waals surface area contributed by atoms with E-state index in [1.54, 1.807) is 0 Å². The van der Waals surface area contributed by atoms with E-state index >= 15 is 0 Å². The third kappa shape index (κ3) is 17.6. The van der Waals surface area contributed by atoms with Crippen LogP contribution < -0.4 is 0 Å². The topological polar surface area (TPSA) is 23.8 Å². The number of rotatable bonds is 17. The molecular formula is C21H43N2+. The van der Waals surface area contributed by atoms with Crippen molar-refractivity contribution in [3.05, 3.63) is 0 Å². The number of nitrogens with zero attached hydrogens (tertiary/aromatic N) is 2. The van der Waals surface area contributed by atoms with Gasteiger partial charge in [-0.2, -0.15) is 5.26 Å². The average Bonchev–Trinajstić information content (AvgIpc) is 2.52. The Morgan fingerprint density at radius 3 is 1.43 bits per heavy atom. The molecule has 0 rings (SSSR count). The molecule has 0 saturated carbocycles. The van der Waals surface area contributed by atoms with Crippen LogP contribution in [0.4, 0.5) is 0 Å². The second-order valence-electron chi connectivity index (χ2n) is 7.89. The van der Waals surface area contributed by atoms with Gasteiger partial charge in [0.05, 0.1) is 33.3 Å². The molecule has 0 fully saturated rings. The Hall–Kier alpha value is -0.550. The van der Waals surface area contributed by atoms with E-state index in [-0.39, 0.29) is 0 Å². The van der Waals surface area contributed by atoms with Crippen LogP contribution in [0.1, 0.15) is 103 Å². The Balaban J connectivity index is 3.33. The first-order valence-electron chi connectivity index (χ1n) is 10.3. The van der Waals surface area contributed by atoms with Crippen molar-refractivity contribution in [3.8, 4) is 6.07 Å². The molecule has 2 nitrogen and oxygen atoms in total. The van der Waals surface area contributed by atoms with Gasteiger partial charge in [0.25, 0.3) is 0 Å². The van der Waals surface area contributed by atoms with E-state index < -0.39 is 0 Å². The van der Waals surface area contributed by atoms with Crippen molar-refractivity contribution < 1.29 is 4.48 Å². The molecule has 0 amide bonds. The Morgan fingerprint density at radius 1 is 0.609 bits per heavy atom. The fourth-order valence-corrected chi connectivity index (χ4v) is 3.24. The van der Waals surface area contributed by atoms with E-state index in [0.29, 0.717) is 0 Å². The van der Waals surface area contributed by atoms with Crippen LogP contribution in [0, 0.1) is 11.3 Å². The minimum absolute atomic E-state index is 0.733. The van der Waals surface area contributed by atoms with Gasteiger partial charge in [-0.1, -0.05) is 64.7 Å². The fourth-order valence-electron chi connectivity index (χ4n) is 3.24. The Labute approximate surface area is 146 Å². The van der Waals surface area contributed by atoms with Gasteiger partial charge in [-0.25, -0.2) is 0 Å². The Kier molecular flexibility index (Phi) is 15.9. The first kappa shape index (κ1) is 22.4. The fraction of sp³-hybridized carbons (Fsp3) is 0.952. The van der Waals surface area contributed by atoms with Crippen LogP contribution in [0.5, 0.6) is 0 Å². The molecule has 136 valence electrons. The van der Waals surface area contributed by atoms with Gasteiger partial charge in [0, 0.05) is 6.42 Å². The molecule has 2 heteroatoms. The summed E-state index contributed by atoms with van der Waals surface area (Å²) in [5.41, 5.74) is 0. The maximum atomic E-state index is 8.52. The van der Waals surface area contributed by atoms with E-state index in [2.05, 4.69) is 27.1 Å². The van der Waals surface area contributed by atoms with Gasteiger partial charge in [-0.15, -0.1) is 0 Å². The second-order valence-corrected chi connectivity index (χ2v) is 7.89. The summed E-state index contributed by atoms with van der Waals surface area (Å²) >= 11 is 0. The highest BCUT2D eigenvalue weighted by molar-refractivity contribution is 4.67. The number of nitriles is 1. The van der Waals surface area contributed by atoms with E-state index in [1.807, 2.05) is 0 Å². The van der Waals surface area contributed by atoms with Gasteiger partial charge >= 0.3 is 0 Å². The molecule has 0 radical (unpaired) electrons. The molecule has 23 heavy (non-hydrogen) atoms. The SMILES string of the molecule is CCCCCCCCCCCC[N+](C)(C)CCCCCCC#N. The van der Waals surface area contributed by atoms with Crippen molar-refractivity contribution in [1.29, 1.82) is 5.26 Å². The number of hydrogen-bond donors (Lipinski definition) is 0. The van der Waals surface area contributed by atoms with Crippen molar-refractivity contribution >= 4 is 0 Å². The minimum atomic E-state index is 0.733. The predicted octanol–water partition coefficient (Wildman–Crippen LogP) is 6.46. The lowest BCUT2D eigenvalue weighted by Gasteiger charge is -2.30. The van der Waals surface area contributed by atoms with Gasteiger partial charge in [0.2, 0.25) is 0 Å². The lowest BCUT2D eigenvalue weighted by atomic mass is 10.1. The smallest absolute Gasteiger partial charge is 0.0782 e. The number of quaternary nitrogens is 1. The lowest BCUT2D eigenvalue weighted by Crippen LogP contribution is -2.41. The first-order valence-corrected chi connectivity index (χ1v) is 10.3. The Morgan fingerprint density at radius 2 is 1.00 bits per heavy atom. The summed E-state index contributed by atoms with van der Waals surface area (Å²) < 4.78 is 1.18. The molecule has 0 aliphatic rings. The summed E-state index contributed by atoms with van der Waals surface area (Å²) in [5, 5.41) is 8.52. The highest BCUT2D eigenvalue weighted by Crippen LogP contribution is 2.12. The van der Waals surface area contributed by atoms with Gasteiger partial charge in [0.1, 0.15) is 0 Å². The zero-order valence-corrected chi connectivity index (χ0v) is 16.4. The molecule has 0 aromatic rings. The second kappa shape index (κ2) is 16.3. The molecule has 0 unspecified atom stereocenters. The summed E-state index contributed by atoms with van der Waals surface area (Å²) in [6.45, 7) is 4.91. The number of hydrogen-bond acceptors (Lipinski definition) is 1. The van der Waals surface area contributed by atoms with Crippen LogP contribution in [0.25, 0.3) is 0 Å². The minimum Gasteiger partial charge on any atom is -0.328 e. The highest BCUT2D eigenvalue weighted by atomic mass is 15.3. The third-order valence-electron chi connectivity index (χ3n) is 4.92.